The minimum absolute atomic E-state index is 0.0944. The number of aliphatic hydroxyl groups excluding tert-OH is 1. The fraction of sp³-hybridized carbons (Fsp3) is 0.421. The molecule has 0 aromatic heterocycles. The van der Waals surface area contributed by atoms with Gasteiger partial charge in [-0.25, -0.2) is 0 Å². The number of rotatable bonds is 6. The Hall–Kier alpha value is -2.47. The first kappa shape index (κ1) is 18.9. The Balaban J connectivity index is 1.94. The molecule has 1 unspecified atom stereocenters. The molecule has 0 saturated heterocycles. The highest BCUT2D eigenvalue weighted by Crippen LogP contribution is 2.23. The second-order valence-electron chi connectivity index (χ2n) is 6.30. The lowest BCUT2D eigenvalue weighted by atomic mass is 9.96. The van der Waals surface area contributed by atoms with Crippen LogP contribution in [0.15, 0.2) is 30.3 Å². The van der Waals surface area contributed by atoms with Crippen LogP contribution in [-0.4, -0.2) is 53.3 Å². The lowest BCUT2D eigenvalue weighted by Gasteiger charge is -2.25. The van der Waals surface area contributed by atoms with Crippen LogP contribution in [0.25, 0.3) is 5.57 Å². The van der Waals surface area contributed by atoms with Crippen molar-refractivity contribution in [2.24, 2.45) is 0 Å². The lowest BCUT2D eigenvalue weighted by molar-refractivity contribution is -0.128. The van der Waals surface area contributed by atoms with Gasteiger partial charge in [0.15, 0.2) is 0 Å². The third-order valence-electron chi connectivity index (χ3n) is 4.28. The zero-order valence-electron chi connectivity index (χ0n) is 14.7. The summed E-state index contributed by atoms with van der Waals surface area (Å²) < 4.78 is 0. The Morgan fingerprint density at radius 1 is 1.28 bits per heavy atom. The zero-order valence-corrected chi connectivity index (χ0v) is 14.7. The van der Waals surface area contributed by atoms with Crippen LogP contribution in [0.2, 0.25) is 0 Å². The second-order valence-corrected chi connectivity index (χ2v) is 6.30. The van der Waals surface area contributed by atoms with Gasteiger partial charge in [-0.05, 0) is 23.1 Å². The van der Waals surface area contributed by atoms with Crippen LogP contribution in [0.3, 0.4) is 0 Å². The van der Waals surface area contributed by atoms with Crippen LogP contribution in [0.5, 0.6) is 0 Å². The molecule has 3 N–H and O–H groups in total. The highest BCUT2D eigenvalue weighted by Gasteiger charge is 2.15. The van der Waals surface area contributed by atoms with Crippen molar-refractivity contribution >= 4 is 23.1 Å². The molecule has 0 fully saturated rings. The van der Waals surface area contributed by atoms with E-state index in [9.17, 15) is 14.7 Å². The van der Waals surface area contributed by atoms with Gasteiger partial charge in [-0.2, -0.15) is 0 Å². The smallest absolute Gasteiger partial charge is 0.219 e. The van der Waals surface area contributed by atoms with Gasteiger partial charge in [0.2, 0.25) is 11.8 Å². The highest BCUT2D eigenvalue weighted by molar-refractivity contribution is 5.98. The molecule has 0 saturated carbocycles. The van der Waals surface area contributed by atoms with Crippen molar-refractivity contribution in [2.75, 3.05) is 19.6 Å². The van der Waals surface area contributed by atoms with Crippen LogP contribution in [0.1, 0.15) is 37.8 Å². The summed E-state index contributed by atoms with van der Waals surface area (Å²) in [5, 5.41) is 20.5. The van der Waals surface area contributed by atoms with Gasteiger partial charge in [0.25, 0.3) is 0 Å². The summed E-state index contributed by atoms with van der Waals surface area (Å²) in [5.74, 6) is -0.101. The molecule has 1 aromatic carbocycles. The number of nitrogens with zero attached hydrogens (tertiary/aromatic N) is 1. The van der Waals surface area contributed by atoms with Gasteiger partial charge in [-0.15, -0.1) is 0 Å². The van der Waals surface area contributed by atoms with E-state index in [1.807, 2.05) is 29.2 Å². The van der Waals surface area contributed by atoms with Gasteiger partial charge < -0.3 is 20.7 Å². The molecule has 134 valence electrons. The maximum absolute atomic E-state index is 11.4. The van der Waals surface area contributed by atoms with Gasteiger partial charge in [0.05, 0.1) is 6.10 Å². The molecule has 2 rings (SSSR count). The number of benzene rings is 1. The third-order valence-corrected chi connectivity index (χ3v) is 4.28. The average molecular weight is 343 g/mol. The molecule has 1 atom stereocenters. The molecule has 0 radical (unpaired) electrons. The van der Waals surface area contributed by atoms with Crippen LogP contribution in [0, 0.1) is 5.41 Å². The van der Waals surface area contributed by atoms with Crippen molar-refractivity contribution in [2.45, 2.75) is 32.8 Å². The Morgan fingerprint density at radius 2 is 1.96 bits per heavy atom. The first-order valence-corrected chi connectivity index (χ1v) is 8.42. The summed E-state index contributed by atoms with van der Waals surface area (Å²) in [6.07, 6.45) is 2.32. The van der Waals surface area contributed by atoms with Crippen molar-refractivity contribution in [3.05, 3.63) is 41.5 Å². The average Bonchev–Trinajstić information content (AvgIpc) is 2.60. The summed E-state index contributed by atoms with van der Waals surface area (Å²) in [5.41, 5.74) is 3.40. The van der Waals surface area contributed by atoms with Crippen LogP contribution in [-0.2, 0) is 9.59 Å². The summed E-state index contributed by atoms with van der Waals surface area (Å²) >= 11 is 0. The summed E-state index contributed by atoms with van der Waals surface area (Å²) in [7, 11) is 0. The normalized spacial score (nSPS) is 15.3. The predicted octanol–water partition coefficient (Wildman–Crippen LogP) is 1.58. The zero-order chi connectivity index (χ0) is 18.4. The number of amides is 2. The number of nitrogens with one attached hydrogen (secondary N) is 2. The van der Waals surface area contributed by atoms with Crippen molar-refractivity contribution in [3.8, 4) is 0 Å². The highest BCUT2D eigenvalue weighted by atomic mass is 16.3. The maximum Gasteiger partial charge on any atom is 0.219 e. The molecular weight excluding hydrogens is 318 g/mol. The van der Waals surface area contributed by atoms with Crippen LogP contribution < -0.4 is 5.32 Å². The van der Waals surface area contributed by atoms with E-state index in [1.54, 1.807) is 6.92 Å². The molecule has 0 bridgehead atoms. The van der Waals surface area contributed by atoms with Crippen molar-refractivity contribution in [1.82, 2.24) is 10.2 Å². The number of hydrogen-bond donors (Lipinski definition) is 3. The molecule has 1 heterocycles. The minimum atomic E-state index is -0.769. The van der Waals surface area contributed by atoms with E-state index in [-0.39, 0.29) is 24.8 Å². The Kier molecular flexibility index (Phi) is 6.47. The molecular formula is C19H25N3O3. The van der Waals surface area contributed by atoms with Gasteiger partial charge in [0, 0.05) is 45.6 Å². The van der Waals surface area contributed by atoms with E-state index in [0.717, 1.165) is 24.1 Å². The lowest BCUT2D eigenvalue weighted by Crippen LogP contribution is -2.32. The fourth-order valence-electron chi connectivity index (χ4n) is 2.79. The Labute approximate surface area is 148 Å². The Morgan fingerprint density at radius 3 is 2.48 bits per heavy atom. The molecule has 2 amide bonds. The Bertz CT molecular complexity index is 680. The van der Waals surface area contributed by atoms with Gasteiger partial charge >= 0.3 is 0 Å². The van der Waals surface area contributed by atoms with E-state index < -0.39 is 6.10 Å². The number of carbonyl (C=O) groups is 2. The van der Waals surface area contributed by atoms with E-state index in [1.165, 1.54) is 12.5 Å². The first-order chi connectivity index (χ1) is 11.9. The van der Waals surface area contributed by atoms with E-state index in [2.05, 4.69) is 11.4 Å². The topological polar surface area (TPSA) is 93.5 Å². The quantitative estimate of drug-likeness (QED) is 0.685. The summed E-state index contributed by atoms with van der Waals surface area (Å²) in [4.78, 5) is 24.0. The first-order valence-electron chi connectivity index (χ1n) is 8.42. The number of aliphatic hydroxyl groups is 1. The molecule has 0 aliphatic carbocycles. The standard InChI is InChI=1S/C19H25N3O3/c1-13(23)21-12-18(25)11-19(20)17-5-3-15(4-6-17)16-7-9-22(10-8-16)14(2)24/h3-7,18,20,25H,8-12H2,1-2H3,(H,21,23). The number of carbonyl (C=O) groups excluding carboxylic acids is 2. The SMILES string of the molecule is CC(=O)NCC(O)CC(=N)c1ccc(C2=CCN(C(C)=O)CC2)cc1. The van der Waals surface area contributed by atoms with Gasteiger partial charge in [-0.1, -0.05) is 30.3 Å². The molecule has 0 spiro atoms. The van der Waals surface area contributed by atoms with Crippen molar-refractivity contribution in [3.63, 3.8) is 0 Å². The molecule has 6 nitrogen and oxygen atoms in total. The van der Waals surface area contributed by atoms with Crippen molar-refractivity contribution < 1.29 is 14.7 Å². The fourth-order valence-corrected chi connectivity index (χ4v) is 2.79. The summed E-state index contributed by atoms with van der Waals surface area (Å²) in [6, 6.07) is 7.70. The van der Waals surface area contributed by atoms with E-state index in [0.29, 0.717) is 12.3 Å². The third kappa shape index (κ3) is 5.53. The predicted molar refractivity (Wildman–Crippen MR) is 97.4 cm³/mol. The van der Waals surface area contributed by atoms with E-state index >= 15 is 0 Å². The monoisotopic (exact) mass is 343 g/mol. The van der Waals surface area contributed by atoms with Gasteiger partial charge in [0.1, 0.15) is 0 Å². The van der Waals surface area contributed by atoms with Gasteiger partial charge in [-0.3, -0.25) is 9.59 Å². The minimum Gasteiger partial charge on any atom is -0.391 e. The van der Waals surface area contributed by atoms with Crippen molar-refractivity contribution in [1.29, 1.82) is 5.41 Å². The molecule has 1 aliphatic rings. The maximum atomic E-state index is 11.4. The molecule has 1 aliphatic heterocycles. The largest absolute Gasteiger partial charge is 0.391 e. The molecule has 25 heavy (non-hydrogen) atoms. The van der Waals surface area contributed by atoms with Crippen LogP contribution in [0.4, 0.5) is 0 Å². The van der Waals surface area contributed by atoms with E-state index in [4.69, 9.17) is 5.41 Å². The molecule has 1 aromatic rings. The summed E-state index contributed by atoms with van der Waals surface area (Å²) in [6.45, 7) is 4.49. The number of hydrogen-bond acceptors (Lipinski definition) is 4. The second kappa shape index (κ2) is 8.58. The molecule has 6 heteroatoms. The van der Waals surface area contributed by atoms with Crippen LogP contribution >= 0.6 is 0 Å².